The number of ether oxygens (including phenoxy) is 2. The number of anilines is 2. The Bertz CT molecular complexity index is 413. The highest BCUT2D eigenvalue weighted by Gasteiger charge is 2.05. The van der Waals surface area contributed by atoms with E-state index in [0.717, 1.165) is 0 Å². The third-order valence-corrected chi connectivity index (χ3v) is 2.70. The summed E-state index contributed by atoms with van der Waals surface area (Å²) < 4.78 is 10.1. The molecule has 1 rings (SSSR count). The first kappa shape index (κ1) is 15.8. The summed E-state index contributed by atoms with van der Waals surface area (Å²) in [6.45, 7) is 1.64. The molecule has 0 fully saturated rings. The highest BCUT2D eigenvalue weighted by Crippen LogP contribution is 2.24. The van der Waals surface area contributed by atoms with Crippen LogP contribution in [0, 0.1) is 0 Å². The monoisotopic (exact) mass is 286 g/mol. The van der Waals surface area contributed by atoms with Crippen molar-refractivity contribution >= 4 is 28.9 Å². The van der Waals surface area contributed by atoms with Crippen molar-refractivity contribution in [3.05, 3.63) is 23.2 Å². The van der Waals surface area contributed by atoms with Crippen LogP contribution in [0.5, 0.6) is 0 Å². The van der Waals surface area contributed by atoms with Crippen LogP contribution in [0.1, 0.15) is 12.8 Å². The number of nitrogens with two attached hydrogens (primary N) is 1. The molecule has 0 spiro atoms. The first-order valence-electron chi connectivity index (χ1n) is 6.05. The van der Waals surface area contributed by atoms with E-state index in [0.29, 0.717) is 49.1 Å². The van der Waals surface area contributed by atoms with Gasteiger partial charge in [0.25, 0.3) is 0 Å². The normalized spacial score (nSPS) is 10.4. The van der Waals surface area contributed by atoms with Gasteiger partial charge in [0.2, 0.25) is 5.91 Å². The summed E-state index contributed by atoms with van der Waals surface area (Å²) in [6, 6.07) is 4.98. The Labute approximate surface area is 118 Å². The van der Waals surface area contributed by atoms with Crippen LogP contribution < -0.4 is 11.1 Å². The zero-order valence-corrected chi connectivity index (χ0v) is 11.7. The summed E-state index contributed by atoms with van der Waals surface area (Å²) >= 11 is 5.96. The number of hydrogen-bond acceptors (Lipinski definition) is 4. The summed E-state index contributed by atoms with van der Waals surface area (Å²) in [5, 5.41) is 3.17. The summed E-state index contributed by atoms with van der Waals surface area (Å²) in [7, 11) is 1.62. The molecule has 0 radical (unpaired) electrons. The molecular weight excluding hydrogens is 268 g/mol. The number of methoxy groups -OCH3 is 1. The quantitative estimate of drug-likeness (QED) is 0.568. The number of nitrogen functional groups attached to an aromatic ring is 1. The van der Waals surface area contributed by atoms with E-state index in [4.69, 9.17) is 26.8 Å². The molecule has 19 heavy (non-hydrogen) atoms. The number of hydrogen-bond donors (Lipinski definition) is 2. The molecule has 0 unspecified atom stereocenters. The molecule has 0 aromatic heterocycles. The second-order valence-electron chi connectivity index (χ2n) is 4.00. The van der Waals surface area contributed by atoms with Crippen LogP contribution in [0.15, 0.2) is 18.2 Å². The van der Waals surface area contributed by atoms with E-state index in [2.05, 4.69) is 5.32 Å². The molecule has 0 aliphatic heterocycles. The van der Waals surface area contributed by atoms with Crippen LogP contribution in [-0.4, -0.2) is 32.8 Å². The lowest BCUT2D eigenvalue weighted by Crippen LogP contribution is -2.13. The fraction of sp³-hybridized carbons (Fsp3) is 0.462. The molecule has 0 bridgehead atoms. The maximum Gasteiger partial charge on any atom is 0.224 e. The van der Waals surface area contributed by atoms with Crippen LogP contribution in [0.4, 0.5) is 11.4 Å². The van der Waals surface area contributed by atoms with Gasteiger partial charge in [-0.05, 0) is 24.6 Å². The molecule has 0 heterocycles. The van der Waals surface area contributed by atoms with Gasteiger partial charge in [0.15, 0.2) is 0 Å². The third-order valence-electron chi connectivity index (χ3n) is 2.39. The number of carbonyl (C=O) groups excluding carboxylic acids is 1. The average molecular weight is 287 g/mol. The minimum absolute atomic E-state index is 0.0954. The fourth-order valence-corrected chi connectivity index (χ4v) is 1.66. The van der Waals surface area contributed by atoms with Crippen LogP contribution in [-0.2, 0) is 14.3 Å². The topological polar surface area (TPSA) is 73.6 Å². The van der Waals surface area contributed by atoms with Gasteiger partial charge in [-0.2, -0.15) is 0 Å². The first-order chi connectivity index (χ1) is 9.13. The van der Waals surface area contributed by atoms with Crippen LogP contribution in [0.3, 0.4) is 0 Å². The Morgan fingerprint density at radius 1 is 1.37 bits per heavy atom. The molecule has 0 saturated heterocycles. The van der Waals surface area contributed by atoms with Gasteiger partial charge < -0.3 is 20.5 Å². The van der Waals surface area contributed by atoms with Gasteiger partial charge in [-0.1, -0.05) is 11.6 Å². The molecule has 1 aromatic rings. The van der Waals surface area contributed by atoms with Crippen LogP contribution in [0.25, 0.3) is 0 Å². The van der Waals surface area contributed by atoms with Gasteiger partial charge in [-0.15, -0.1) is 0 Å². The number of benzene rings is 1. The van der Waals surface area contributed by atoms with Gasteiger partial charge in [0, 0.05) is 25.8 Å². The smallest absolute Gasteiger partial charge is 0.224 e. The Balaban J connectivity index is 2.23. The Hall–Kier alpha value is -1.30. The predicted molar refractivity (Wildman–Crippen MR) is 76.4 cm³/mol. The van der Waals surface area contributed by atoms with Gasteiger partial charge >= 0.3 is 0 Å². The molecule has 0 aliphatic rings. The lowest BCUT2D eigenvalue weighted by Gasteiger charge is -2.08. The van der Waals surface area contributed by atoms with Crippen molar-refractivity contribution in [2.75, 3.05) is 38.0 Å². The average Bonchev–Trinajstić information content (AvgIpc) is 2.37. The second-order valence-corrected chi connectivity index (χ2v) is 4.40. The molecule has 6 heteroatoms. The second kappa shape index (κ2) is 8.74. The third kappa shape index (κ3) is 6.42. The van der Waals surface area contributed by atoms with Gasteiger partial charge in [-0.25, -0.2) is 0 Å². The molecule has 3 N–H and O–H groups in total. The Morgan fingerprint density at radius 2 is 2.16 bits per heavy atom. The Kier molecular flexibility index (Phi) is 7.25. The summed E-state index contributed by atoms with van der Waals surface area (Å²) in [5.74, 6) is -0.0954. The number of amides is 1. The van der Waals surface area contributed by atoms with Crippen molar-refractivity contribution in [2.45, 2.75) is 12.8 Å². The largest absolute Gasteiger partial charge is 0.399 e. The summed E-state index contributed by atoms with van der Waals surface area (Å²) in [4.78, 5) is 11.7. The molecule has 1 aromatic carbocycles. The molecule has 0 aliphatic carbocycles. The highest BCUT2D eigenvalue weighted by atomic mass is 35.5. The van der Waals surface area contributed by atoms with E-state index in [9.17, 15) is 4.79 Å². The van der Waals surface area contributed by atoms with Crippen molar-refractivity contribution in [2.24, 2.45) is 0 Å². The SMILES string of the molecule is COCCOCCCC(=O)Nc1ccc(N)cc1Cl. The highest BCUT2D eigenvalue weighted by molar-refractivity contribution is 6.34. The van der Waals surface area contributed by atoms with Crippen LogP contribution >= 0.6 is 11.6 Å². The van der Waals surface area contributed by atoms with Crippen molar-refractivity contribution in [1.29, 1.82) is 0 Å². The molecular formula is C13H19ClN2O3. The zero-order valence-electron chi connectivity index (χ0n) is 10.9. The number of nitrogens with one attached hydrogen (secondary N) is 1. The Morgan fingerprint density at radius 3 is 2.84 bits per heavy atom. The standard InChI is InChI=1S/C13H19ClN2O3/c1-18-7-8-19-6-2-3-13(17)16-12-5-4-10(15)9-11(12)14/h4-5,9H,2-3,6-8,15H2,1H3,(H,16,17). The van der Waals surface area contributed by atoms with Crippen molar-refractivity contribution in [3.8, 4) is 0 Å². The van der Waals surface area contributed by atoms with E-state index < -0.39 is 0 Å². The molecule has 0 atom stereocenters. The molecule has 0 saturated carbocycles. The van der Waals surface area contributed by atoms with Gasteiger partial charge in [0.1, 0.15) is 0 Å². The van der Waals surface area contributed by atoms with E-state index in [1.807, 2.05) is 0 Å². The van der Waals surface area contributed by atoms with E-state index >= 15 is 0 Å². The predicted octanol–water partition coefficient (Wildman–Crippen LogP) is 2.30. The molecule has 5 nitrogen and oxygen atoms in total. The number of rotatable bonds is 8. The van der Waals surface area contributed by atoms with E-state index in [-0.39, 0.29) is 5.91 Å². The van der Waals surface area contributed by atoms with Crippen molar-refractivity contribution in [1.82, 2.24) is 0 Å². The maximum absolute atomic E-state index is 11.7. The summed E-state index contributed by atoms with van der Waals surface area (Å²) in [5.41, 5.74) is 6.71. The van der Waals surface area contributed by atoms with E-state index in [1.165, 1.54) is 0 Å². The first-order valence-corrected chi connectivity index (χ1v) is 6.43. The lowest BCUT2D eigenvalue weighted by atomic mass is 10.2. The maximum atomic E-state index is 11.7. The minimum atomic E-state index is -0.0954. The van der Waals surface area contributed by atoms with Crippen molar-refractivity contribution < 1.29 is 14.3 Å². The molecule has 1 amide bonds. The molecule has 106 valence electrons. The van der Waals surface area contributed by atoms with Crippen LogP contribution in [0.2, 0.25) is 5.02 Å². The lowest BCUT2D eigenvalue weighted by molar-refractivity contribution is -0.116. The fourth-order valence-electron chi connectivity index (χ4n) is 1.42. The van der Waals surface area contributed by atoms with E-state index in [1.54, 1.807) is 25.3 Å². The summed E-state index contributed by atoms with van der Waals surface area (Å²) in [6.07, 6.45) is 1.04. The minimum Gasteiger partial charge on any atom is -0.399 e. The van der Waals surface area contributed by atoms with Crippen molar-refractivity contribution in [3.63, 3.8) is 0 Å². The zero-order chi connectivity index (χ0) is 14.1. The number of carbonyl (C=O) groups is 1. The van der Waals surface area contributed by atoms with Gasteiger partial charge in [-0.3, -0.25) is 4.79 Å². The number of halogens is 1. The van der Waals surface area contributed by atoms with Gasteiger partial charge in [0.05, 0.1) is 23.9 Å².